The molecule has 24 heavy (non-hydrogen) atoms. The van der Waals surface area contributed by atoms with Crippen molar-refractivity contribution < 1.29 is 9.18 Å². The Kier molecular flexibility index (Phi) is 5.26. The smallest absolute Gasteiger partial charge is 0.253 e. The van der Waals surface area contributed by atoms with E-state index in [0.717, 1.165) is 55.8 Å². The third-order valence-corrected chi connectivity index (χ3v) is 4.46. The molecule has 3 rings (SSSR count). The number of benzene rings is 2. The zero-order chi connectivity index (χ0) is 16.9. The molecule has 1 amide bonds. The molecule has 0 unspecified atom stereocenters. The van der Waals surface area contributed by atoms with Crippen LogP contribution in [-0.2, 0) is 6.54 Å². The fraction of sp³-hybridized carbons (Fsp3) is 0.350. The number of carbonyl (C=O) groups is 1. The second-order valence-corrected chi connectivity index (χ2v) is 6.42. The molecule has 2 aromatic rings. The van der Waals surface area contributed by atoms with Crippen molar-refractivity contribution in [2.45, 2.75) is 19.9 Å². The van der Waals surface area contributed by atoms with Gasteiger partial charge in [0.25, 0.3) is 5.91 Å². The number of nitrogens with zero attached hydrogens (tertiary/aromatic N) is 2. The number of amides is 1. The number of halogens is 1. The first kappa shape index (κ1) is 16.7. The summed E-state index contributed by atoms with van der Waals surface area (Å²) in [5, 5.41) is 0. The molecule has 126 valence electrons. The summed E-state index contributed by atoms with van der Waals surface area (Å²) in [7, 11) is 0. The van der Waals surface area contributed by atoms with Crippen molar-refractivity contribution in [2.75, 3.05) is 26.2 Å². The SMILES string of the molecule is Cc1cccc(C(=O)N2CCCN(Cc3ccc(F)cc3)CC2)c1. The van der Waals surface area contributed by atoms with Crippen LogP contribution in [0.5, 0.6) is 0 Å². The van der Waals surface area contributed by atoms with E-state index in [9.17, 15) is 9.18 Å². The van der Waals surface area contributed by atoms with Crippen molar-refractivity contribution in [3.8, 4) is 0 Å². The van der Waals surface area contributed by atoms with Crippen LogP contribution in [0.15, 0.2) is 48.5 Å². The van der Waals surface area contributed by atoms with Crippen LogP contribution in [0.25, 0.3) is 0 Å². The summed E-state index contributed by atoms with van der Waals surface area (Å²) >= 11 is 0. The summed E-state index contributed by atoms with van der Waals surface area (Å²) in [4.78, 5) is 16.9. The van der Waals surface area contributed by atoms with Crippen molar-refractivity contribution in [3.05, 3.63) is 71.0 Å². The second kappa shape index (κ2) is 7.58. The van der Waals surface area contributed by atoms with Gasteiger partial charge < -0.3 is 4.90 Å². The van der Waals surface area contributed by atoms with E-state index >= 15 is 0 Å². The molecule has 0 N–H and O–H groups in total. The number of rotatable bonds is 3. The lowest BCUT2D eigenvalue weighted by Gasteiger charge is -2.22. The second-order valence-electron chi connectivity index (χ2n) is 6.42. The van der Waals surface area contributed by atoms with Gasteiger partial charge in [-0.1, -0.05) is 29.8 Å². The average Bonchev–Trinajstić information content (AvgIpc) is 2.82. The van der Waals surface area contributed by atoms with E-state index in [1.165, 1.54) is 12.1 Å². The lowest BCUT2D eigenvalue weighted by molar-refractivity contribution is 0.0761. The summed E-state index contributed by atoms with van der Waals surface area (Å²) in [5.41, 5.74) is 2.98. The minimum absolute atomic E-state index is 0.113. The highest BCUT2D eigenvalue weighted by Crippen LogP contribution is 2.13. The van der Waals surface area contributed by atoms with Gasteiger partial charge in [-0.2, -0.15) is 0 Å². The fourth-order valence-electron chi connectivity index (χ4n) is 3.14. The number of hydrogen-bond acceptors (Lipinski definition) is 2. The van der Waals surface area contributed by atoms with Gasteiger partial charge in [-0.3, -0.25) is 9.69 Å². The van der Waals surface area contributed by atoms with Gasteiger partial charge in [-0.15, -0.1) is 0 Å². The maximum atomic E-state index is 13.0. The fourth-order valence-corrected chi connectivity index (χ4v) is 3.14. The Hall–Kier alpha value is -2.20. The highest BCUT2D eigenvalue weighted by Gasteiger charge is 2.20. The van der Waals surface area contributed by atoms with E-state index in [0.29, 0.717) is 0 Å². The van der Waals surface area contributed by atoms with Gasteiger partial charge in [0.2, 0.25) is 0 Å². The highest BCUT2D eigenvalue weighted by molar-refractivity contribution is 5.94. The van der Waals surface area contributed by atoms with Crippen LogP contribution in [-0.4, -0.2) is 41.9 Å². The van der Waals surface area contributed by atoms with Gasteiger partial charge in [0, 0.05) is 38.3 Å². The van der Waals surface area contributed by atoms with Crippen LogP contribution in [0, 0.1) is 12.7 Å². The number of hydrogen-bond donors (Lipinski definition) is 0. The molecule has 0 atom stereocenters. The first-order chi connectivity index (χ1) is 11.6. The topological polar surface area (TPSA) is 23.6 Å². The Morgan fingerprint density at radius 2 is 1.83 bits per heavy atom. The molecular formula is C20H23FN2O. The van der Waals surface area contributed by atoms with Gasteiger partial charge in [0.15, 0.2) is 0 Å². The van der Waals surface area contributed by atoms with Crippen LogP contribution >= 0.6 is 0 Å². The Labute approximate surface area is 142 Å². The third-order valence-electron chi connectivity index (χ3n) is 4.46. The molecule has 3 nitrogen and oxygen atoms in total. The van der Waals surface area contributed by atoms with Gasteiger partial charge in [0.05, 0.1) is 0 Å². The van der Waals surface area contributed by atoms with Crippen molar-refractivity contribution in [2.24, 2.45) is 0 Å². The zero-order valence-electron chi connectivity index (χ0n) is 14.0. The van der Waals surface area contributed by atoms with Crippen molar-refractivity contribution in [1.82, 2.24) is 9.80 Å². The summed E-state index contributed by atoms with van der Waals surface area (Å²) in [6.45, 7) is 6.11. The minimum Gasteiger partial charge on any atom is -0.337 e. The first-order valence-corrected chi connectivity index (χ1v) is 8.44. The summed E-state index contributed by atoms with van der Waals surface area (Å²) < 4.78 is 13.0. The van der Waals surface area contributed by atoms with E-state index < -0.39 is 0 Å². The molecule has 2 aromatic carbocycles. The van der Waals surface area contributed by atoms with Crippen molar-refractivity contribution >= 4 is 5.91 Å². The standard InChI is InChI=1S/C20H23FN2O/c1-16-4-2-5-18(14-16)20(24)23-11-3-10-22(12-13-23)15-17-6-8-19(21)9-7-17/h2,4-9,14H,3,10-13,15H2,1H3. The molecule has 1 heterocycles. The van der Waals surface area contributed by atoms with Gasteiger partial charge in [-0.05, 0) is 43.2 Å². The first-order valence-electron chi connectivity index (χ1n) is 8.44. The quantitative estimate of drug-likeness (QED) is 0.862. The Morgan fingerprint density at radius 3 is 2.58 bits per heavy atom. The summed E-state index contributed by atoms with van der Waals surface area (Å²) in [6, 6.07) is 14.4. The van der Waals surface area contributed by atoms with Crippen molar-refractivity contribution in [1.29, 1.82) is 0 Å². The normalized spacial score (nSPS) is 16.0. The molecule has 1 saturated heterocycles. The Balaban J connectivity index is 1.60. The lowest BCUT2D eigenvalue weighted by atomic mass is 10.1. The van der Waals surface area contributed by atoms with E-state index in [1.807, 2.05) is 48.2 Å². The van der Waals surface area contributed by atoms with E-state index in [2.05, 4.69) is 4.90 Å². The highest BCUT2D eigenvalue weighted by atomic mass is 19.1. The molecule has 0 bridgehead atoms. The van der Waals surface area contributed by atoms with Crippen LogP contribution in [0.1, 0.15) is 27.9 Å². The maximum absolute atomic E-state index is 13.0. The zero-order valence-corrected chi connectivity index (χ0v) is 14.0. The van der Waals surface area contributed by atoms with E-state index in [1.54, 1.807) is 0 Å². The molecule has 4 heteroatoms. The molecule has 0 spiro atoms. The van der Waals surface area contributed by atoms with Crippen LogP contribution in [0.3, 0.4) is 0 Å². The van der Waals surface area contributed by atoms with E-state index in [4.69, 9.17) is 0 Å². The summed E-state index contributed by atoms with van der Waals surface area (Å²) in [6.07, 6.45) is 0.957. The monoisotopic (exact) mass is 326 g/mol. The van der Waals surface area contributed by atoms with Crippen LogP contribution < -0.4 is 0 Å². The molecule has 1 aliphatic heterocycles. The van der Waals surface area contributed by atoms with Gasteiger partial charge in [0.1, 0.15) is 5.82 Å². The molecule has 0 aliphatic carbocycles. The van der Waals surface area contributed by atoms with Gasteiger partial charge >= 0.3 is 0 Å². The molecule has 0 saturated carbocycles. The average molecular weight is 326 g/mol. The predicted molar refractivity (Wildman–Crippen MR) is 93.4 cm³/mol. The minimum atomic E-state index is -0.204. The Bertz CT molecular complexity index is 699. The third kappa shape index (κ3) is 4.20. The van der Waals surface area contributed by atoms with Crippen molar-refractivity contribution in [3.63, 3.8) is 0 Å². The molecule has 0 radical (unpaired) electrons. The van der Waals surface area contributed by atoms with Crippen LogP contribution in [0.2, 0.25) is 0 Å². The van der Waals surface area contributed by atoms with E-state index in [-0.39, 0.29) is 11.7 Å². The summed E-state index contributed by atoms with van der Waals surface area (Å²) in [5.74, 6) is -0.0909. The Morgan fingerprint density at radius 1 is 1.04 bits per heavy atom. The van der Waals surface area contributed by atoms with Crippen LogP contribution in [0.4, 0.5) is 4.39 Å². The maximum Gasteiger partial charge on any atom is 0.253 e. The lowest BCUT2D eigenvalue weighted by Crippen LogP contribution is -2.35. The molecule has 1 fully saturated rings. The number of carbonyl (C=O) groups excluding carboxylic acids is 1. The molecule has 0 aromatic heterocycles. The largest absolute Gasteiger partial charge is 0.337 e. The predicted octanol–water partition coefficient (Wildman–Crippen LogP) is 3.48. The molecular weight excluding hydrogens is 303 g/mol. The molecule has 1 aliphatic rings. The number of aryl methyl sites for hydroxylation is 1. The van der Waals surface area contributed by atoms with Gasteiger partial charge in [-0.25, -0.2) is 4.39 Å².